The van der Waals surface area contributed by atoms with Crippen molar-refractivity contribution in [2.24, 2.45) is 0 Å². The quantitative estimate of drug-likeness (QED) is 0.804. The highest BCUT2D eigenvalue weighted by molar-refractivity contribution is 9.10. The second-order valence-electron chi connectivity index (χ2n) is 4.44. The van der Waals surface area contributed by atoms with Crippen LogP contribution >= 0.6 is 15.9 Å². The number of pyridine rings is 1. The molecule has 0 saturated carbocycles. The van der Waals surface area contributed by atoms with Crippen molar-refractivity contribution in [3.05, 3.63) is 70.5 Å². The lowest BCUT2D eigenvalue weighted by atomic mass is 10.0. The van der Waals surface area contributed by atoms with Crippen molar-refractivity contribution in [3.8, 4) is 0 Å². The third-order valence-electron chi connectivity index (χ3n) is 3.19. The standard InChI is InChI=1S/C15H13BrN2O/c16-13-6-2-1-5-11(13)9-15(19)12-10-17-18-8-4-3-7-14(12)18/h1-8,10,15,19H,9H2. The van der Waals surface area contributed by atoms with Gasteiger partial charge >= 0.3 is 0 Å². The number of hydrogen-bond acceptors (Lipinski definition) is 2. The highest BCUT2D eigenvalue weighted by Gasteiger charge is 2.15. The SMILES string of the molecule is OC(Cc1ccccc1Br)c1cnn2ccccc12. The second-order valence-corrected chi connectivity index (χ2v) is 5.30. The molecule has 4 heteroatoms. The van der Waals surface area contributed by atoms with Crippen LogP contribution in [-0.2, 0) is 6.42 Å². The molecule has 3 aromatic rings. The molecule has 0 amide bonds. The number of aliphatic hydroxyl groups is 1. The Hall–Kier alpha value is -1.65. The predicted octanol–water partition coefficient (Wildman–Crippen LogP) is 3.37. The van der Waals surface area contributed by atoms with E-state index in [1.807, 2.05) is 48.7 Å². The van der Waals surface area contributed by atoms with Gasteiger partial charge in [-0.15, -0.1) is 0 Å². The lowest BCUT2D eigenvalue weighted by Gasteiger charge is -2.10. The fourth-order valence-electron chi connectivity index (χ4n) is 2.19. The van der Waals surface area contributed by atoms with Crippen molar-refractivity contribution >= 4 is 21.4 Å². The molecule has 3 rings (SSSR count). The molecule has 0 saturated heterocycles. The number of fused-ring (bicyclic) bond motifs is 1. The lowest BCUT2D eigenvalue weighted by Crippen LogP contribution is -2.02. The summed E-state index contributed by atoms with van der Waals surface area (Å²) < 4.78 is 2.80. The van der Waals surface area contributed by atoms with Gasteiger partial charge in [0.15, 0.2) is 0 Å². The molecule has 0 aliphatic carbocycles. The van der Waals surface area contributed by atoms with Gasteiger partial charge in [-0.3, -0.25) is 0 Å². The zero-order valence-electron chi connectivity index (χ0n) is 10.2. The largest absolute Gasteiger partial charge is 0.388 e. The van der Waals surface area contributed by atoms with E-state index >= 15 is 0 Å². The Morgan fingerprint density at radius 2 is 1.95 bits per heavy atom. The van der Waals surface area contributed by atoms with Crippen LogP contribution in [0.2, 0.25) is 0 Å². The Labute approximate surface area is 119 Å². The molecule has 2 aromatic heterocycles. The van der Waals surface area contributed by atoms with E-state index in [9.17, 15) is 5.11 Å². The van der Waals surface area contributed by atoms with Crippen molar-refractivity contribution in [3.63, 3.8) is 0 Å². The summed E-state index contributed by atoms with van der Waals surface area (Å²) in [5, 5.41) is 14.7. The number of nitrogens with zero attached hydrogens (tertiary/aromatic N) is 2. The molecular formula is C15H13BrN2O. The molecule has 0 bridgehead atoms. The van der Waals surface area contributed by atoms with Gasteiger partial charge in [-0.25, -0.2) is 4.52 Å². The Kier molecular flexibility index (Phi) is 3.36. The van der Waals surface area contributed by atoms with Crippen LogP contribution in [0.4, 0.5) is 0 Å². The van der Waals surface area contributed by atoms with Crippen LogP contribution in [0.5, 0.6) is 0 Å². The first kappa shape index (κ1) is 12.4. The Bertz CT molecular complexity index is 708. The number of hydrogen-bond donors (Lipinski definition) is 1. The minimum Gasteiger partial charge on any atom is -0.388 e. The van der Waals surface area contributed by atoms with Gasteiger partial charge in [0, 0.05) is 22.7 Å². The van der Waals surface area contributed by atoms with Gasteiger partial charge in [-0.05, 0) is 23.8 Å². The molecule has 19 heavy (non-hydrogen) atoms. The highest BCUT2D eigenvalue weighted by Crippen LogP contribution is 2.26. The van der Waals surface area contributed by atoms with Crippen LogP contribution in [0, 0.1) is 0 Å². The number of aliphatic hydroxyl groups excluding tert-OH is 1. The minimum atomic E-state index is -0.557. The van der Waals surface area contributed by atoms with E-state index in [0.29, 0.717) is 6.42 Å². The molecule has 0 aliphatic heterocycles. The van der Waals surface area contributed by atoms with Crippen LogP contribution in [0.3, 0.4) is 0 Å². The third kappa shape index (κ3) is 2.41. The summed E-state index contributed by atoms with van der Waals surface area (Å²) in [6.45, 7) is 0. The molecule has 96 valence electrons. The van der Waals surface area contributed by atoms with Gasteiger partial charge in [-0.2, -0.15) is 5.10 Å². The first-order chi connectivity index (χ1) is 9.25. The Morgan fingerprint density at radius 1 is 1.16 bits per heavy atom. The van der Waals surface area contributed by atoms with Crippen LogP contribution < -0.4 is 0 Å². The minimum absolute atomic E-state index is 0.557. The monoisotopic (exact) mass is 316 g/mol. The summed E-state index contributed by atoms with van der Waals surface area (Å²) in [7, 11) is 0. The smallest absolute Gasteiger partial charge is 0.0867 e. The molecule has 1 N–H and O–H groups in total. The zero-order chi connectivity index (χ0) is 13.2. The molecule has 3 nitrogen and oxygen atoms in total. The molecule has 2 heterocycles. The first-order valence-corrected chi connectivity index (χ1v) is 6.89. The molecular weight excluding hydrogens is 304 g/mol. The highest BCUT2D eigenvalue weighted by atomic mass is 79.9. The van der Waals surface area contributed by atoms with Gasteiger partial charge in [0.2, 0.25) is 0 Å². The van der Waals surface area contributed by atoms with Crippen molar-refractivity contribution in [1.29, 1.82) is 0 Å². The average Bonchev–Trinajstić information content (AvgIpc) is 2.85. The summed E-state index contributed by atoms with van der Waals surface area (Å²) in [6, 6.07) is 13.8. The lowest BCUT2D eigenvalue weighted by molar-refractivity contribution is 0.179. The molecule has 1 aromatic carbocycles. The van der Waals surface area contributed by atoms with Gasteiger partial charge in [-0.1, -0.05) is 40.2 Å². The summed E-state index contributed by atoms with van der Waals surface area (Å²) in [5.41, 5.74) is 2.89. The Balaban J connectivity index is 1.92. The van der Waals surface area contributed by atoms with Crippen LogP contribution in [0.25, 0.3) is 5.52 Å². The van der Waals surface area contributed by atoms with Crippen molar-refractivity contribution in [1.82, 2.24) is 9.61 Å². The predicted molar refractivity (Wildman–Crippen MR) is 78.0 cm³/mol. The topological polar surface area (TPSA) is 37.5 Å². The van der Waals surface area contributed by atoms with Crippen molar-refractivity contribution < 1.29 is 5.11 Å². The zero-order valence-corrected chi connectivity index (χ0v) is 11.8. The van der Waals surface area contributed by atoms with Gasteiger partial charge in [0.1, 0.15) is 0 Å². The average molecular weight is 317 g/mol. The van der Waals surface area contributed by atoms with Crippen molar-refractivity contribution in [2.75, 3.05) is 0 Å². The van der Waals surface area contributed by atoms with Crippen LogP contribution in [0.15, 0.2) is 59.3 Å². The summed E-state index contributed by atoms with van der Waals surface area (Å²) >= 11 is 3.51. The third-order valence-corrected chi connectivity index (χ3v) is 3.96. The molecule has 0 aliphatic rings. The second kappa shape index (κ2) is 5.15. The molecule has 0 radical (unpaired) electrons. The summed E-state index contributed by atoms with van der Waals surface area (Å²) in [5.74, 6) is 0. The Morgan fingerprint density at radius 3 is 2.79 bits per heavy atom. The number of halogens is 1. The van der Waals surface area contributed by atoms with Crippen LogP contribution in [-0.4, -0.2) is 14.7 Å². The fourth-order valence-corrected chi connectivity index (χ4v) is 2.64. The van der Waals surface area contributed by atoms with Gasteiger partial charge in [0.25, 0.3) is 0 Å². The van der Waals surface area contributed by atoms with E-state index in [-0.39, 0.29) is 0 Å². The van der Waals surface area contributed by atoms with Crippen molar-refractivity contribution in [2.45, 2.75) is 12.5 Å². The summed E-state index contributed by atoms with van der Waals surface area (Å²) in [6.07, 6.45) is 3.62. The first-order valence-electron chi connectivity index (χ1n) is 6.09. The van der Waals surface area contributed by atoms with E-state index < -0.39 is 6.10 Å². The number of aromatic nitrogens is 2. The van der Waals surface area contributed by atoms with E-state index in [4.69, 9.17) is 0 Å². The summed E-state index contributed by atoms with van der Waals surface area (Å²) in [4.78, 5) is 0. The van der Waals surface area contributed by atoms with E-state index in [0.717, 1.165) is 21.1 Å². The number of benzene rings is 1. The van der Waals surface area contributed by atoms with Crippen LogP contribution in [0.1, 0.15) is 17.2 Å². The molecule has 0 fully saturated rings. The van der Waals surface area contributed by atoms with Gasteiger partial charge in [0.05, 0.1) is 17.8 Å². The van der Waals surface area contributed by atoms with E-state index in [1.54, 1.807) is 10.7 Å². The number of rotatable bonds is 3. The molecule has 0 spiro atoms. The normalized spacial score (nSPS) is 12.7. The van der Waals surface area contributed by atoms with Gasteiger partial charge < -0.3 is 5.11 Å². The molecule has 1 unspecified atom stereocenters. The fraction of sp³-hybridized carbons (Fsp3) is 0.133. The maximum Gasteiger partial charge on any atom is 0.0867 e. The van der Waals surface area contributed by atoms with E-state index in [1.165, 1.54) is 0 Å². The van der Waals surface area contributed by atoms with E-state index in [2.05, 4.69) is 21.0 Å². The maximum atomic E-state index is 10.4. The molecule has 1 atom stereocenters. The maximum absolute atomic E-state index is 10.4.